The Balaban J connectivity index is 1.84. The van der Waals surface area contributed by atoms with Crippen LogP contribution in [0, 0.1) is 0 Å². The fourth-order valence-electron chi connectivity index (χ4n) is 2.98. The summed E-state index contributed by atoms with van der Waals surface area (Å²) in [6, 6.07) is 1.02. The van der Waals surface area contributed by atoms with E-state index in [2.05, 4.69) is 11.6 Å². The molecule has 0 aromatic heterocycles. The predicted octanol–water partition coefficient (Wildman–Crippen LogP) is 2.16. The van der Waals surface area contributed by atoms with Crippen LogP contribution < -0.4 is 5.32 Å². The van der Waals surface area contributed by atoms with Gasteiger partial charge in [-0.2, -0.15) is 11.8 Å². The van der Waals surface area contributed by atoms with E-state index in [9.17, 15) is 5.11 Å². The number of rotatable bonds is 3. The van der Waals surface area contributed by atoms with E-state index in [1.807, 2.05) is 11.8 Å². The first-order valence-electron chi connectivity index (χ1n) is 6.28. The van der Waals surface area contributed by atoms with Crippen LogP contribution >= 0.6 is 11.8 Å². The van der Waals surface area contributed by atoms with Crippen molar-refractivity contribution < 1.29 is 5.11 Å². The summed E-state index contributed by atoms with van der Waals surface area (Å²) < 4.78 is 0. The van der Waals surface area contributed by atoms with Crippen molar-refractivity contribution in [2.24, 2.45) is 0 Å². The molecule has 3 heteroatoms. The third-order valence-corrected chi connectivity index (χ3v) is 5.08. The van der Waals surface area contributed by atoms with Gasteiger partial charge in [0, 0.05) is 17.3 Å². The highest BCUT2D eigenvalue weighted by molar-refractivity contribution is 7.99. The molecule has 0 aliphatic heterocycles. The number of hydrogen-bond donors (Lipinski definition) is 2. The molecule has 2 aliphatic rings. The SMILES string of the molecule is CSC1CCCC1N[C@H]1CCCC[C@@H]1O. The Bertz CT molecular complexity index is 200. The number of nitrogens with one attached hydrogen (secondary N) is 1. The van der Waals surface area contributed by atoms with Crippen LogP contribution in [0.1, 0.15) is 44.9 Å². The van der Waals surface area contributed by atoms with Crippen molar-refractivity contribution in [1.29, 1.82) is 0 Å². The van der Waals surface area contributed by atoms with Gasteiger partial charge in [0.2, 0.25) is 0 Å². The van der Waals surface area contributed by atoms with Crippen LogP contribution in [-0.2, 0) is 0 Å². The molecule has 4 atom stereocenters. The van der Waals surface area contributed by atoms with E-state index in [1.165, 1.54) is 38.5 Å². The molecule has 0 radical (unpaired) electrons. The minimum atomic E-state index is -0.0955. The molecule has 2 saturated carbocycles. The minimum Gasteiger partial charge on any atom is -0.392 e. The Morgan fingerprint density at radius 2 is 1.73 bits per heavy atom. The average Bonchev–Trinajstić information content (AvgIpc) is 2.69. The molecule has 0 saturated heterocycles. The lowest BCUT2D eigenvalue weighted by Crippen LogP contribution is -2.48. The lowest BCUT2D eigenvalue weighted by molar-refractivity contribution is 0.0855. The molecule has 88 valence electrons. The van der Waals surface area contributed by atoms with Crippen LogP contribution in [0.15, 0.2) is 0 Å². The second-order valence-corrected chi connectivity index (χ2v) is 6.01. The largest absolute Gasteiger partial charge is 0.392 e. The van der Waals surface area contributed by atoms with Gasteiger partial charge in [0.1, 0.15) is 0 Å². The van der Waals surface area contributed by atoms with E-state index in [0.717, 1.165) is 11.7 Å². The monoisotopic (exact) mass is 229 g/mol. The number of aliphatic hydroxyl groups is 1. The first-order chi connectivity index (χ1) is 7.31. The van der Waals surface area contributed by atoms with Gasteiger partial charge in [-0.15, -0.1) is 0 Å². The molecule has 0 aromatic carbocycles. The molecule has 2 rings (SSSR count). The van der Waals surface area contributed by atoms with Crippen LogP contribution in [-0.4, -0.2) is 34.8 Å². The maximum Gasteiger partial charge on any atom is 0.0693 e. The summed E-state index contributed by atoms with van der Waals surface area (Å²) in [6.07, 6.45) is 10.8. The molecule has 0 spiro atoms. The Morgan fingerprint density at radius 3 is 2.47 bits per heavy atom. The van der Waals surface area contributed by atoms with Gasteiger partial charge in [-0.25, -0.2) is 0 Å². The molecular weight excluding hydrogens is 206 g/mol. The third-order valence-electron chi connectivity index (χ3n) is 3.91. The van der Waals surface area contributed by atoms with Crippen molar-refractivity contribution in [3.63, 3.8) is 0 Å². The lowest BCUT2D eigenvalue weighted by atomic mass is 9.92. The van der Waals surface area contributed by atoms with Crippen LogP contribution in [0.5, 0.6) is 0 Å². The normalized spacial score (nSPS) is 42.0. The van der Waals surface area contributed by atoms with Crippen molar-refractivity contribution in [3.8, 4) is 0 Å². The molecule has 0 heterocycles. The Morgan fingerprint density at radius 1 is 1.00 bits per heavy atom. The first-order valence-corrected chi connectivity index (χ1v) is 7.57. The van der Waals surface area contributed by atoms with Gasteiger partial charge in [0.05, 0.1) is 6.10 Å². The van der Waals surface area contributed by atoms with Gasteiger partial charge in [0.25, 0.3) is 0 Å². The van der Waals surface area contributed by atoms with Crippen LogP contribution in [0.4, 0.5) is 0 Å². The maximum absolute atomic E-state index is 9.92. The molecule has 0 aromatic rings. The molecule has 2 fully saturated rings. The fraction of sp³-hybridized carbons (Fsp3) is 1.00. The number of hydrogen-bond acceptors (Lipinski definition) is 3. The molecule has 0 bridgehead atoms. The minimum absolute atomic E-state index is 0.0955. The Labute approximate surface area is 97.2 Å². The quantitative estimate of drug-likeness (QED) is 0.778. The summed E-state index contributed by atoms with van der Waals surface area (Å²) in [5.41, 5.74) is 0. The Kier molecular flexibility index (Phi) is 4.35. The van der Waals surface area contributed by atoms with Crippen molar-refractivity contribution in [3.05, 3.63) is 0 Å². The van der Waals surface area contributed by atoms with Gasteiger partial charge < -0.3 is 10.4 Å². The highest BCUT2D eigenvalue weighted by Crippen LogP contribution is 2.30. The summed E-state index contributed by atoms with van der Waals surface area (Å²) >= 11 is 1.99. The first kappa shape index (κ1) is 11.7. The summed E-state index contributed by atoms with van der Waals surface area (Å²) in [5, 5.41) is 14.4. The molecule has 15 heavy (non-hydrogen) atoms. The summed E-state index contributed by atoms with van der Waals surface area (Å²) in [4.78, 5) is 0. The lowest BCUT2D eigenvalue weighted by Gasteiger charge is -2.32. The topological polar surface area (TPSA) is 32.3 Å². The van der Waals surface area contributed by atoms with E-state index in [1.54, 1.807) is 0 Å². The van der Waals surface area contributed by atoms with E-state index in [4.69, 9.17) is 0 Å². The van der Waals surface area contributed by atoms with E-state index in [0.29, 0.717) is 12.1 Å². The molecule has 2 nitrogen and oxygen atoms in total. The zero-order valence-electron chi connectivity index (χ0n) is 9.61. The van der Waals surface area contributed by atoms with Crippen molar-refractivity contribution in [2.45, 2.75) is 68.4 Å². The van der Waals surface area contributed by atoms with Gasteiger partial charge in [-0.05, 0) is 31.9 Å². The van der Waals surface area contributed by atoms with E-state index >= 15 is 0 Å². The maximum atomic E-state index is 9.92. The zero-order valence-corrected chi connectivity index (χ0v) is 10.4. The fourth-order valence-corrected chi connectivity index (χ4v) is 3.93. The molecule has 2 N–H and O–H groups in total. The Hall–Kier alpha value is 0.270. The third kappa shape index (κ3) is 2.89. The molecule has 2 aliphatic carbocycles. The van der Waals surface area contributed by atoms with Crippen LogP contribution in [0.2, 0.25) is 0 Å². The second-order valence-electron chi connectivity index (χ2n) is 4.94. The van der Waals surface area contributed by atoms with E-state index < -0.39 is 0 Å². The highest BCUT2D eigenvalue weighted by atomic mass is 32.2. The van der Waals surface area contributed by atoms with Crippen LogP contribution in [0.25, 0.3) is 0 Å². The predicted molar refractivity (Wildman–Crippen MR) is 66.3 cm³/mol. The van der Waals surface area contributed by atoms with Gasteiger partial charge >= 0.3 is 0 Å². The van der Waals surface area contributed by atoms with Crippen LogP contribution in [0.3, 0.4) is 0 Å². The van der Waals surface area contributed by atoms with Gasteiger partial charge in [-0.3, -0.25) is 0 Å². The van der Waals surface area contributed by atoms with Crippen molar-refractivity contribution in [1.82, 2.24) is 5.32 Å². The van der Waals surface area contributed by atoms with E-state index in [-0.39, 0.29) is 6.10 Å². The molecule has 0 amide bonds. The average molecular weight is 229 g/mol. The standard InChI is InChI=1S/C12H23NOS/c1-15-12-8-4-6-10(12)13-9-5-2-3-7-11(9)14/h9-14H,2-8H2,1H3/t9-,10?,11-,12?/m0/s1. The number of aliphatic hydroxyl groups excluding tert-OH is 1. The smallest absolute Gasteiger partial charge is 0.0693 e. The summed E-state index contributed by atoms with van der Waals surface area (Å²) in [6.45, 7) is 0. The molecule has 2 unspecified atom stereocenters. The summed E-state index contributed by atoms with van der Waals surface area (Å²) in [5.74, 6) is 0. The second kappa shape index (κ2) is 5.55. The van der Waals surface area contributed by atoms with Gasteiger partial charge in [0.15, 0.2) is 0 Å². The van der Waals surface area contributed by atoms with Crippen molar-refractivity contribution in [2.75, 3.05) is 6.26 Å². The van der Waals surface area contributed by atoms with Gasteiger partial charge in [-0.1, -0.05) is 19.3 Å². The summed E-state index contributed by atoms with van der Waals surface area (Å²) in [7, 11) is 0. The number of thioether (sulfide) groups is 1. The molecular formula is C12H23NOS. The zero-order chi connectivity index (χ0) is 10.7. The van der Waals surface area contributed by atoms with Crippen molar-refractivity contribution >= 4 is 11.8 Å². The highest BCUT2D eigenvalue weighted by Gasteiger charge is 2.31.